The molecule has 8 nitrogen and oxygen atoms in total. The maximum atomic E-state index is 13.2. The molecule has 1 N–H and O–H groups in total. The van der Waals surface area contributed by atoms with Gasteiger partial charge in [0.15, 0.2) is 5.82 Å². The van der Waals surface area contributed by atoms with Crippen LogP contribution in [0.4, 0.5) is 23.8 Å². The van der Waals surface area contributed by atoms with Crippen LogP contribution in [-0.4, -0.2) is 59.8 Å². The van der Waals surface area contributed by atoms with Gasteiger partial charge in [-0.05, 0) is 36.5 Å². The molecule has 1 aliphatic carbocycles. The summed E-state index contributed by atoms with van der Waals surface area (Å²) in [6.07, 6.45) is -4.08. The standard InChI is InChI=1S/C22H24F3N5O3/c1-14-12-15(14)13-26-21(32)33-19-7-6-18(27-28-19)29-8-10-30(11-9-29)20(31)16-4-2-3-5-17(16)22(23,24)25/h2-7,14-15H,8-13H2,1H3,(H,26,32). The zero-order valence-electron chi connectivity index (χ0n) is 18.0. The molecule has 1 aromatic heterocycles. The van der Waals surface area contributed by atoms with Crippen molar-refractivity contribution in [2.45, 2.75) is 19.5 Å². The summed E-state index contributed by atoms with van der Waals surface area (Å²) in [5.41, 5.74) is -1.29. The molecule has 2 amide bonds. The van der Waals surface area contributed by atoms with Crippen LogP contribution in [0, 0.1) is 11.8 Å². The summed E-state index contributed by atoms with van der Waals surface area (Å²) in [7, 11) is 0. The van der Waals surface area contributed by atoms with Crippen LogP contribution < -0.4 is 15.0 Å². The highest BCUT2D eigenvalue weighted by Crippen LogP contribution is 2.36. The lowest BCUT2D eigenvalue weighted by molar-refractivity contribution is -0.138. The first-order valence-electron chi connectivity index (χ1n) is 10.7. The van der Waals surface area contributed by atoms with E-state index in [9.17, 15) is 22.8 Å². The van der Waals surface area contributed by atoms with Gasteiger partial charge in [-0.1, -0.05) is 19.1 Å². The minimum absolute atomic E-state index is 0.0673. The average Bonchev–Trinajstić information content (AvgIpc) is 3.52. The van der Waals surface area contributed by atoms with Crippen molar-refractivity contribution < 1.29 is 27.5 Å². The monoisotopic (exact) mass is 463 g/mol. The molecule has 2 heterocycles. The van der Waals surface area contributed by atoms with Gasteiger partial charge in [-0.3, -0.25) is 4.79 Å². The zero-order valence-corrected chi connectivity index (χ0v) is 18.0. The van der Waals surface area contributed by atoms with Gasteiger partial charge in [0.2, 0.25) is 5.88 Å². The van der Waals surface area contributed by atoms with E-state index in [2.05, 4.69) is 22.4 Å². The Kier molecular flexibility index (Phi) is 6.39. The number of rotatable bonds is 5. The maximum absolute atomic E-state index is 13.2. The first kappa shape index (κ1) is 22.8. The molecule has 2 aliphatic rings. The van der Waals surface area contributed by atoms with Crippen LogP contribution in [0.15, 0.2) is 36.4 Å². The molecule has 2 atom stereocenters. The normalized spacial score (nSPS) is 20.4. The molecule has 33 heavy (non-hydrogen) atoms. The van der Waals surface area contributed by atoms with Crippen LogP contribution in [0.2, 0.25) is 0 Å². The lowest BCUT2D eigenvalue weighted by Crippen LogP contribution is -2.49. The van der Waals surface area contributed by atoms with Crippen molar-refractivity contribution in [1.29, 1.82) is 0 Å². The fraction of sp³-hybridized carbons (Fsp3) is 0.455. The summed E-state index contributed by atoms with van der Waals surface area (Å²) < 4.78 is 44.8. The van der Waals surface area contributed by atoms with E-state index in [0.29, 0.717) is 37.3 Å². The van der Waals surface area contributed by atoms with E-state index in [1.807, 2.05) is 4.90 Å². The van der Waals surface area contributed by atoms with Crippen molar-refractivity contribution in [3.05, 3.63) is 47.5 Å². The summed E-state index contributed by atoms with van der Waals surface area (Å²) in [5, 5.41) is 10.7. The van der Waals surface area contributed by atoms with Gasteiger partial charge in [0.25, 0.3) is 5.91 Å². The number of halogens is 3. The molecule has 2 aromatic rings. The largest absolute Gasteiger partial charge is 0.417 e. The molecule has 0 radical (unpaired) electrons. The molecule has 11 heteroatoms. The number of anilines is 1. The van der Waals surface area contributed by atoms with E-state index in [1.165, 1.54) is 29.2 Å². The second-order valence-corrected chi connectivity index (χ2v) is 8.30. The molecule has 1 saturated heterocycles. The number of ether oxygens (including phenoxy) is 1. The van der Waals surface area contributed by atoms with Gasteiger partial charge < -0.3 is 19.9 Å². The molecule has 0 spiro atoms. The highest BCUT2D eigenvalue weighted by Gasteiger charge is 2.36. The van der Waals surface area contributed by atoms with Crippen molar-refractivity contribution in [3.8, 4) is 5.88 Å². The van der Waals surface area contributed by atoms with E-state index in [0.717, 1.165) is 12.5 Å². The quantitative estimate of drug-likeness (QED) is 0.733. The lowest BCUT2D eigenvalue weighted by Gasteiger charge is -2.35. The lowest BCUT2D eigenvalue weighted by atomic mass is 10.1. The van der Waals surface area contributed by atoms with Crippen LogP contribution >= 0.6 is 0 Å². The number of alkyl halides is 3. The molecule has 0 bridgehead atoms. The van der Waals surface area contributed by atoms with Gasteiger partial charge >= 0.3 is 12.3 Å². The second kappa shape index (κ2) is 9.24. The number of piperazine rings is 1. The number of carbonyl (C=O) groups excluding carboxylic acids is 2. The van der Waals surface area contributed by atoms with Gasteiger partial charge in [-0.25, -0.2) is 4.79 Å². The fourth-order valence-electron chi connectivity index (χ4n) is 3.79. The SMILES string of the molecule is CC1CC1CNC(=O)Oc1ccc(N2CCN(C(=O)c3ccccc3C(F)(F)F)CC2)nn1. The van der Waals surface area contributed by atoms with Gasteiger partial charge in [0, 0.05) is 38.8 Å². The summed E-state index contributed by atoms with van der Waals surface area (Å²) in [6, 6.07) is 7.97. The maximum Gasteiger partial charge on any atom is 0.417 e. The third-order valence-corrected chi connectivity index (χ3v) is 5.96. The molecule has 2 unspecified atom stereocenters. The van der Waals surface area contributed by atoms with Crippen molar-refractivity contribution in [2.75, 3.05) is 37.6 Å². The Morgan fingerprint density at radius 1 is 1.09 bits per heavy atom. The molecule has 1 aliphatic heterocycles. The van der Waals surface area contributed by atoms with E-state index >= 15 is 0 Å². The Labute approximate surface area is 188 Å². The number of hydrogen-bond acceptors (Lipinski definition) is 6. The number of amides is 2. The first-order valence-corrected chi connectivity index (χ1v) is 10.7. The first-order chi connectivity index (χ1) is 15.7. The van der Waals surface area contributed by atoms with Crippen molar-refractivity contribution in [2.24, 2.45) is 11.8 Å². The van der Waals surface area contributed by atoms with Gasteiger partial charge in [-0.2, -0.15) is 13.2 Å². The summed E-state index contributed by atoms with van der Waals surface area (Å²) >= 11 is 0. The molecular formula is C22H24F3N5O3. The van der Waals surface area contributed by atoms with Crippen molar-refractivity contribution in [1.82, 2.24) is 20.4 Å². The number of benzene rings is 1. The summed E-state index contributed by atoms with van der Waals surface area (Å²) in [5.74, 6) is 1.07. The van der Waals surface area contributed by atoms with Crippen LogP contribution in [0.1, 0.15) is 29.3 Å². The van der Waals surface area contributed by atoms with Crippen molar-refractivity contribution in [3.63, 3.8) is 0 Å². The number of nitrogens with zero attached hydrogens (tertiary/aromatic N) is 4. The van der Waals surface area contributed by atoms with Crippen molar-refractivity contribution >= 4 is 17.8 Å². The Balaban J connectivity index is 1.30. The van der Waals surface area contributed by atoms with Crippen LogP contribution in [0.3, 0.4) is 0 Å². The van der Waals surface area contributed by atoms with Gasteiger partial charge in [0.1, 0.15) is 0 Å². The smallest absolute Gasteiger partial charge is 0.390 e. The highest BCUT2D eigenvalue weighted by atomic mass is 19.4. The van der Waals surface area contributed by atoms with Gasteiger partial charge in [0.05, 0.1) is 11.1 Å². The number of hydrogen-bond donors (Lipinski definition) is 1. The minimum Gasteiger partial charge on any atom is -0.390 e. The molecule has 1 saturated carbocycles. The minimum atomic E-state index is -4.60. The summed E-state index contributed by atoms with van der Waals surface area (Å²) in [4.78, 5) is 27.8. The van der Waals surface area contributed by atoms with Crippen LogP contribution in [0.5, 0.6) is 5.88 Å². The Hall–Kier alpha value is -3.37. The van der Waals surface area contributed by atoms with Crippen LogP contribution in [-0.2, 0) is 6.18 Å². The van der Waals surface area contributed by atoms with Crippen LogP contribution in [0.25, 0.3) is 0 Å². The predicted molar refractivity (Wildman–Crippen MR) is 113 cm³/mol. The number of carbonyl (C=O) groups is 2. The molecule has 1 aromatic carbocycles. The number of aromatic nitrogens is 2. The Morgan fingerprint density at radius 3 is 2.39 bits per heavy atom. The molecule has 4 rings (SSSR count). The third kappa shape index (κ3) is 5.52. The second-order valence-electron chi connectivity index (χ2n) is 8.30. The van der Waals surface area contributed by atoms with E-state index < -0.39 is 23.7 Å². The molecular weight excluding hydrogens is 439 g/mol. The predicted octanol–water partition coefficient (Wildman–Crippen LogP) is 3.20. The Morgan fingerprint density at radius 2 is 1.79 bits per heavy atom. The van der Waals surface area contributed by atoms with Gasteiger partial charge in [-0.15, -0.1) is 10.2 Å². The molecule has 2 fully saturated rings. The zero-order chi connectivity index (χ0) is 23.6. The van der Waals surface area contributed by atoms with E-state index in [-0.39, 0.29) is 24.5 Å². The fourth-order valence-corrected chi connectivity index (χ4v) is 3.79. The number of nitrogens with one attached hydrogen (secondary N) is 1. The van der Waals surface area contributed by atoms with E-state index in [1.54, 1.807) is 6.07 Å². The summed E-state index contributed by atoms with van der Waals surface area (Å²) in [6.45, 7) is 3.95. The topological polar surface area (TPSA) is 87.7 Å². The molecule has 176 valence electrons. The highest BCUT2D eigenvalue weighted by molar-refractivity contribution is 5.96. The Bertz CT molecular complexity index is 1010. The van der Waals surface area contributed by atoms with E-state index in [4.69, 9.17) is 4.74 Å². The third-order valence-electron chi connectivity index (χ3n) is 5.96. The average molecular weight is 463 g/mol.